The lowest BCUT2D eigenvalue weighted by Crippen LogP contribution is -2.26. The molecule has 2 aliphatic rings. The van der Waals surface area contributed by atoms with E-state index in [-0.39, 0.29) is 12.4 Å². The monoisotopic (exact) mass is 353 g/mol. The van der Waals surface area contributed by atoms with Gasteiger partial charge in [-0.3, -0.25) is 0 Å². The molecule has 0 aromatic heterocycles. The van der Waals surface area contributed by atoms with E-state index in [1.165, 1.54) is 50.2 Å². The quantitative estimate of drug-likeness (QED) is 0.753. The summed E-state index contributed by atoms with van der Waals surface area (Å²) >= 11 is 0. The normalized spacial score (nSPS) is 27.9. The van der Waals surface area contributed by atoms with E-state index < -0.39 is 0 Å². The van der Waals surface area contributed by atoms with Gasteiger partial charge in [-0.05, 0) is 80.0 Å². The van der Waals surface area contributed by atoms with Crippen LogP contribution in [0.5, 0.6) is 5.75 Å². The van der Waals surface area contributed by atoms with E-state index in [2.05, 4.69) is 12.1 Å². The summed E-state index contributed by atoms with van der Waals surface area (Å²) in [4.78, 5) is 0. The number of hydrogen-bond donors (Lipinski definition) is 1. The van der Waals surface area contributed by atoms with Gasteiger partial charge in [0.25, 0.3) is 0 Å². The highest BCUT2D eigenvalue weighted by atomic mass is 19.1. The Morgan fingerprint density at radius 3 is 2.42 bits per heavy atom. The van der Waals surface area contributed by atoms with Crippen LogP contribution in [0.1, 0.15) is 55.6 Å². The van der Waals surface area contributed by atoms with E-state index >= 15 is 0 Å². The van der Waals surface area contributed by atoms with Gasteiger partial charge in [-0.2, -0.15) is 0 Å². The van der Waals surface area contributed by atoms with Gasteiger partial charge in [0.05, 0.1) is 0 Å². The first-order chi connectivity index (χ1) is 12.7. The molecule has 2 aromatic rings. The molecule has 2 N–H and O–H groups in total. The number of nitrogens with two attached hydrogens (primary N) is 1. The molecule has 2 aromatic carbocycles. The van der Waals surface area contributed by atoms with Gasteiger partial charge in [0, 0.05) is 11.6 Å². The molecule has 3 heteroatoms. The Bertz CT molecular complexity index is 721. The third-order valence-corrected chi connectivity index (χ3v) is 6.11. The van der Waals surface area contributed by atoms with Crippen LogP contribution in [0.2, 0.25) is 0 Å². The van der Waals surface area contributed by atoms with Gasteiger partial charge in [-0.15, -0.1) is 0 Å². The molecule has 0 bridgehead atoms. The molecule has 0 radical (unpaired) electrons. The van der Waals surface area contributed by atoms with Crippen molar-refractivity contribution in [3.05, 3.63) is 65.5 Å². The highest BCUT2D eigenvalue weighted by Crippen LogP contribution is 2.52. The molecular formula is C23H28FNO. The topological polar surface area (TPSA) is 35.2 Å². The van der Waals surface area contributed by atoms with Crippen molar-refractivity contribution in [2.75, 3.05) is 0 Å². The standard InChI is InChI=1S/C23H28FNO/c24-23-4-2-1-3-18(23)15-26-21-11-7-17(8-12-21)22-14-19(22)13-16-5-9-20(25)10-6-16/h1-4,7-8,11-12,16,19-20,22H,5-6,9-10,13-15,25H2/t16-,19-,20-,22+/m0/s1. The van der Waals surface area contributed by atoms with Gasteiger partial charge in [-0.1, -0.05) is 30.3 Å². The van der Waals surface area contributed by atoms with Crippen molar-refractivity contribution in [2.24, 2.45) is 17.6 Å². The maximum absolute atomic E-state index is 13.6. The molecule has 2 saturated carbocycles. The predicted octanol–water partition coefficient (Wildman–Crippen LogP) is 5.42. The summed E-state index contributed by atoms with van der Waals surface area (Å²) in [5.74, 6) is 3.03. The van der Waals surface area contributed by atoms with E-state index in [9.17, 15) is 4.39 Å². The Morgan fingerprint density at radius 1 is 0.962 bits per heavy atom. The smallest absolute Gasteiger partial charge is 0.129 e. The third-order valence-electron chi connectivity index (χ3n) is 6.11. The van der Waals surface area contributed by atoms with Crippen molar-refractivity contribution < 1.29 is 9.13 Å². The highest BCUT2D eigenvalue weighted by Gasteiger charge is 2.39. The summed E-state index contributed by atoms with van der Waals surface area (Å²) in [5, 5.41) is 0. The van der Waals surface area contributed by atoms with Crippen LogP contribution in [0, 0.1) is 17.7 Å². The minimum Gasteiger partial charge on any atom is -0.489 e. The maximum atomic E-state index is 13.6. The van der Waals surface area contributed by atoms with Crippen LogP contribution in [0.25, 0.3) is 0 Å². The second-order valence-electron chi connectivity index (χ2n) is 8.07. The summed E-state index contributed by atoms with van der Waals surface area (Å²) in [6.45, 7) is 0.266. The fourth-order valence-electron chi connectivity index (χ4n) is 4.36. The Kier molecular flexibility index (Phi) is 5.26. The maximum Gasteiger partial charge on any atom is 0.129 e. The molecule has 0 amide bonds. The number of benzene rings is 2. The third kappa shape index (κ3) is 4.27. The molecule has 2 atom stereocenters. The molecule has 0 spiro atoms. The van der Waals surface area contributed by atoms with Crippen molar-refractivity contribution in [3.8, 4) is 5.75 Å². The molecule has 4 rings (SSSR count). The van der Waals surface area contributed by atoms with Crippen LogP contribution in [0.3, 0.4) is 0 Å². The van der Waals surface area contributed by atoms with E-state index in [4.69, 9.17) is 10.5 Å². The largest absolute Gasteiger partial charge is 0.489 e. The summed E-state index contributed by atoms with van der Waals surface area (Å²) in [7, 11) is 0. The van der Waals surface area contributed by atoms with Crippen LogP contribution in [-0.4, -0.2) is 6.04 Å². The average Bonchev–Trinajstić information content (AvgIpc) is 3.43. The SMILES string of the molecule is N[C@H]1CC[C@H](C[C@H]2C[C@@H]2c2ccc(OCc3ccccc3F)cc2)CC1. The van der Waals surface area contributed by atoms with E-state index in [1.807, 2.05) is 18.2 Å². The first-order valence-electron chi connectivity index (χ1n) is 9.91. The van der Waals surface area contributed by atoms with Gasteiger partial charge >= 0.3 is 0 Å². The Balaban J connectivity index is 1.27. The second-order valence-corrected chi connectivity index (χ2v) is 8.07. The molecule has 0 heterocycles. The van der Waals surface area contributed by atoms with E-state index in [0.717, 1.165) is 17.6 Å². The lowest BCUT2D eigenvalue weighted by molar-refractivity contribution is 0.298. The zero-order chi connectivity index (χ0) is 17.9. The molecule has 2 nitrogen and oxygen atoms in total. The van der Waals surface area contributed by atoms with Crippen molar-refractivity contribution >= 4 is 0 Å². The molecule has 0 aliphatic heterocycles. The first-order valence-corrected chi connectivity index (χ1v) is 9.91. The van der Waals surface area contributed by atoms with Crippen molar-refractivity contribution in [1.29, 1.82) is 0 Å². The van der Waals surface area contributed by atoms with Crippen molar-refractivity contribution in [3.63, 3.8) is 0 Å². The van der Waals surface area contributed by atoms with Crippen LogP contribution in [-0.2, 0) is 6.61 Å². The van der Waals surface area contributed by atoms with Crippen LogP contribution < -0.4 is 10.5 Å². The minimum atomic E-state index is -0.214. The summed E-state index contributed by atoms with van der Waals surface area (Å²) in [5.41, 5.74) is 8.02. The summed E-state index contributed by atoms with van der Waals surface area (Å²) in [6.07, 6.45) is 7.72. The predicted molar refractivity (Wildman–Crippen MR) is 103 cm³/mol. The van der Waals surface area contributed by atoms with Crippen LogP contribution in [0.15, 0.2) is 48.5 Å². The van der Waals surface area contributed by atoms with Crippen LogP contribution in [0.4, 0.5) is 4.39 Å². The summed E-state index contributed by atoms with van der Waals surface area (Å²) < 4.78 is 19.4. The fraction of sp³-hybridized carbons (Fsp3) is 0.478. The highest BCUT2D eigenvalue weighted by molar-refractivity contribution is 5.33. The van der Waals surface area contributed by atoms with Gasteiger partial charge in [0.2, 0.25) is 0 Å². The average molecular weight is 353 g/mol. The Labute approximate surface area is 155 Å². The second kappa shape index (κ2) is 7.79. The fourth-order valence-corrected chi connectivity index (χ4v) is 4.36. The molecule has 26 heavy (non-hydrogen) atoms. The molecule has 2 fully saturated rings. The molecule has 0 saturated heterocycles. The van der Waals surface area contributed by atoms with E-state index in [0.29, 0.717) is 17.5 Å². The zero-order valence-electron chi connectivity index (χ0n) is 15.2. The number of rotatable bonds is 6. The molecule has 138 valence electrons. The Hall–Kier alpha value is -1.87. The van der Waals surface area contributed by atoms with E-state index in [1.54, 1.807) is 12.1 Å². The lowest BCUT2D eigenvalue weighted by atomic mass is 9.83. The number of hydrogen-bond acceptors (Lipinski definition) is 2. The molecular weight excluding hydrogens is 325 g/mol. The first kappa shape index (κ1) is 17.5. The zero-order valence-corrected chi connectivity index (χ0v) is 15.2. The lowest BCUT2D eigenvalue weighted by Gasteiger charge is -2.26. The summed E-state index contributed by atoms with van der Waals surface area (Å²) in [6, 6.07) is 15.6. The van der Waals surface area contributed by atoms with Gasteiger partial charge in [0.1, 0.15) is 18.2 Å². The van der Waals surface area contributed by atoms with Gasteiger partial charge in [-0.25, -0.2) is 4.39 Å². The van der Waals surface area contributed by atoms with Crippen molar-refractivity contribution in [1.82, 2.24) is 0 Å². The minimum absolute atomic E-state index is 0.214. The molecule has 0 unspecified atom stereocenters. The van der Waals surface area contributed by atoms with Gasteiger partial charge in [0.15, 0.2) is 0 Å². The van der Waals surface area contributed by atoms with Gasteiger partial charge < -0.3 is 10.5 Å². The van der Waals surface area contributed by atoms with Crippen LogP contribution >= 0.6 is 0 Å². The van der Waals surface area contributed by atoms with Crippen molar-refractivity contribution in [2.45, 2.75) is 57.1 Å². The number of halogens is 1. The molecule has 2 aliphatic carbocycles. The number of ether oxygens (including phenoxy) is 1. The Morgan fingerprint density at radius 2 is 1.69 bits per heavy atom.